The predicted octanol–water partition coefficient (Wildman–Crippen LogP) is 15.2. The van der Waals surface area contributed by atoms with E-state index in [2.05, 4.69) is 204 Å². The maximum atomic E-state index is 2.45. The van der Waals surface area contributed by atoms with Crippen molar-refractivity contribution in [3.63, 3.8) is 0 Å². The highest BCUT2D eigenvalue weighted by Gasteiger charge is 2.31. The second-order valence-electron chi connectivity index (χ2n) is 13.7. The van der Waals surface area contributed by atoms with Crippen LogP contribution in [0, 0.1) is 0 Å². The molecule has 54 heavy (non-hydrogen) atoms. The number of anilines is 6. The van der Waals surface area contributed by atoms with Crippen LogP contribution >= 0.6 is 23.5 Å². The van der Waals surface area contributed by atoms with E-state index in [0.29, 0.717) is 0 Å². The lowest BCUT2D eigenvalue weighted by Crippen LogP contribution is -2.12. The third-order valence-electron chi connectivity index (χ3n) is 10.6. The summed E-state index contributed by atoms with van der Waals surface area (Å²) in [6.07, 6.45) is 0. The first-order chi connectivity index (χ1) is 26.8. The summed E-state index contributed by atoms with van der Waals surface area (Å²) in [5, 5.41) is 5.01. The molecule has 2 bridgehead atoms. The molecule has 0 radical (unpaired) electrons. The van der Waals surface area contributed by atoms with Crippen molar-refractivity contribution >= 4 is 79.2 Å². The van der Waals surface area contributed by atoms with Gasteiger partial charge < -0.3 is 9.80 Å². The van der Waals surface area contributed by atoms with Crippen LogP contribution < -0.4 is 9.80 Å². The standard InChI is InChI=1S/C50H32N2S2/c1-3-17-35(18-4-1)51(37-30-29-33-15-7-8-16-34(33)31-37)43-25-11-10-22-39(43)42-32-47-50-48-40(23-13-24-41(42)48)38-21-9-12-26-44(38)52(36-19-5-2-6-20-36)45-27-14-28-46(53-47)49(45)54-50/h1-32H. The Bertz CT molecular complexity index is 2900. The first-order valence-electron chi connectivity index (χ1n) is 18.3. The highest BCUT2D eigenvalue weighted by atomic mass is 32.2. The van der Waals surface area contributed by atoms with Crippen molar-refractivity contribution in [1.82, 2.24) is 0 Å². The first kappa shape index (κ1) is 31.3. The molecule has 11 rings (SSSR count). The third-order valence-corrected chi connectivity index (χ3v) is 13.2. The molecule has 2 heterocycles. The maximum Gasteiger partial charge on any atom is 0.0612 e. The topological polar surface area (TPSA) is 6.48 Å². The van der Waals surface area contributed by atoms with Crippen molar-refractivity contribution < 1.29 is 0 Å². The van der Waals surface area contributed by atoms with E-state index < -0.39 is 0 Å². The van der Waals surface area contributed by atoms with E-state index in [-0.39, 0.29) is 0 Å². The lowest BCUT2D eigenvalue weighted by atomic mass is 9.91. The summed E-state index contributed by atoms with van der Waals surface area (Å²) in [6.45, 7) is 0. The number of fused-ring (bicyclic) bond motifs is 3. The minimum absolute atomic E-state index is 1.12. The molecule has 0 saturated carbocycles. The molecule has 0 atom stereocenters. The molecule has 2 aliphatic rings. The molecule has 9 aromatic rings. The van der Waals surface area contributed by atoms with Gasteiger partial charge >= 0.3 is 0 Å². The van der Waals surface area contributed by atoms with E-state index in [0.717, 1.165) is 22.7 Å². The number of nitrogens with zero attached hydrogens (tertiary/aromatic N) is 2. The van der Waals surface area contributed by atoms with Crippen LogP contribution in [0.3, 0.4) is 0 Å². The lowest BCUT2D eigenvalue weighted by molar-refractivity contribution is 1.14. The largest absolute Gasteiger partial charge is 0.310 e. The van der Waals surface area contributed by atoms with Gasteiger partial charge in [-0.2, -0.15) is 0 Å². The Balaban J connectivity index is 1.20. The quantitative estimate of drug-likeness (QED) is 0.174. The fraction of sp³-hybridized carbons (Fsp3) is 0. The Morgan fingerprint density at radius 2 is 1.07 bits per heavy atom. The zero-order valence-electron chi connectivity index (χ0n) is 29.2. The smallest absolute Gasteiger partial charge is 0.0612 e. The van der Waals surface area contributed by atoms with Crippen LogP contribution in [-0.2, 0) is 0 Å². The van der Waals surface area contributed by atoms with Gasteiger partial charge in [0.2, 0.25) is 0 Å². The Hall–Kier alpha value is -6.20. The minimum Gasteiger partial charge on any atom is -0.310 e. The highest BCUT2D eigenvalue weighted by Crippen LogP contribution is 2.60. The molecule has 9 aromatic carbocycles. The number of hydrogen-bond acceptors (Lipinski definition) is 4. The van der Waals surface area contributed by atoms with Gasteiger partial charge in [0.15, 0.2) is 0 Å². The van der Waals surface area contributed by atoms with Gasteiger partial charge in [-0.1, -0.05) is 151 Å². The van der Waals surface area contributed by atoms with Crippen LogP contribution in [0.1, 0.15) is 0 Å². The maximum absolute atomic E-state index is 2.45. The summed E-state index contributed by atoms with van der Waals surface area (Å²) >= 11 is 3.82. The van der Waals surface area contributed by atoms with Gasteiger partial charge in [-0.15, -0.1) is 0 Å². The minimum atomic E-state index is 1.12. The van der Waals surface area contributed by atoms with E-state index in [1.54, 1.807) is 0 Å². The van der Waals surface area contributed by atoms with Crippen LogP contribution in [-0.4, -0.2) is 0 Å². The zero-order valence-corrected chi connectivity index (χ0v) is 30.8. The van der Waals surface area contributed by atoms with E-state index >= 15 is 0 Å². The molecule has 0 spiro atoms. The molecular formula is C50H32N2S2. The third kappa shape index (κ3) is 4.98. The monoisotopic (exact) mass is 724 g/mol. The summed E-state index contributed by atoms with van der Waals surface area (Å²) in [4.78, 5) is 10.1. The summed E-state index contributed by atoms with van der Waals surface area (Å²) in [7, 11) is 0. The van der Waals surface area contributed by atoms with Crippen molar-refractivity contribution in [1.29, 1.82) is 0 Å². The molecular weight excluding hydrogens is 693 g/mol. The number of hydrogen-bond donors (Lipinski definition) is 0. The van der Waals surface area contributed by atoms with E-state index in [4.69, 9.17) is 0 Å². The second-order valence-corrected chi connectivity index (χ2v) is 15.8. The van der Waals surface area contributed by atoms with Crippen molar-refractivity contribution in [3.8, 4) is 22.3 Å². The van der Waals surface area contributed by atoms with Crippen LogP contribution in [0.15, 0.2) is 214 Å². The number of para-hydroxylation sites is 4. The Labute approximate surface area is 323 Å². The molecule has 0 saturated heterocycles. The first-order valence-corrected chi connectivity index (χ1v) is 19.9. The average molecular weight is 725 g/mol. The highest BCUT2D eigenvalue weighted by molar-refractivity contribution is 8.05. The second kappa shape index (κ2) is 12.7. The van der Waals surface area contributed by atoms with Gasteiger partial charge in [0.1, 0.15) is 0 Å². The molecule has 0 amide bonds. The van der Waals surface area contributed by atoms with Crippen molar-refractivity contribution in [3.05, 3.63) is 194 Å². The normalized spacial score (nSPS) is 12.6. The molecule has 0 fully saturated rings. The molecule has 2 nitrogen and oxygen atoms in total. The van der Waals surface area contributed by atoms with E-state index in [1.165, 1.54) is 74.8 Å². The summed E-state index contributed by atoms with van der Waals surface area (Å²) in [5.74, 6) is 0. The van der Waals surface area contributed by atoms with Crippen molar-refractivity contribution in [2.45, 2.75) is 19.6 Å². The molecule has 4 heteroatoms. The van der Waals surface area contributed by atoms with Gasteiger partial charge in [0.25, 0.3) is 0 Å². The number of benzene rings is 9. The van der Waals surface area contributed by atoms with E-state index in [9.17, 15) is 0 Å². The summed E-state index contributed by atoms with van der Waals surface area (Å²) in [5.41, 5.74) is 11.8. The summed E-state index contributed by atoms with van der Waals surface area (Å²) in [6, 6.07) is 71.0. The van der Waals surface area contributed by atoms with E-state index in [1.807, 2.05) is 23.5 Å². The Kier molecular flexibility index (Phi) is 7.39. The Morgan fingerprint density at radius 3 is 1.94 bits per heavy atom. The molecule has 0 aliphatic carbocycles. The zero-order chi connectivity index (χ0) is 35.6. The Morgan fingerprint density at radius 1 is 0.389 bits per heavy atom. The van der Waals surface area contributed by atoms with Crippen LogP contribution in [0.25, 0.3) is 43.8 Å². The van der Waals surface area contributed by atoms with Crippen LogP contribution in [0.5, 0.6) is 0 Å². The predicted molar refractivity (Wildman–Crippen MR) is 230 cm³/mol. The molecule has 254 valence electrons. The van der Waals surface area contributed by atoms with Crippen molar-refractivity contribution in [2.75, 3.05) is 9.80 Å². The van der Waals surface area contributed by atoms with Crippen LogP contribution in [0.4, 0.5) is 34.1 Å². The fourth-order valence-corrected chi connectivity index (χ4v) is 10.8. The number of rotatable bonds is 5. The summed E-state index contributed by atoms with van der Waals surface area (Å²) < 4.78 is 0. The van der Waals surface area contributed by atoms with Crippen LogP contribution in [0.2, 0.25) is 0 Å². The van der Waals surface area contributed by atoms with Crippen molar-refractivity contribution in [2.24, 2.45) is 0 Å². The fourth-order valence-electron chi connectivity index (χ4n) is 8.23. The SMILES string of the molecule is c1ccc(N(c2ccc3ccccc3c2)c2ccccc2-c2cc3c4c5c(cccc25)-c2ccccc2N(c2ccccc2)c2cccc(c2S4)S3)cc1. The van der Waals surface area contributed by atoms with Gasteiger partial charge in [-0.05, 0) is 94.0 Å². The lowest BCUT2D eigenvalue weighted by Gasteiger charge is -2.30. The van der Waals surface area contributed by atoms with Gasteiger partial charge in [0.05, 0.1) is 22.0 Å². The molecule has 0 unspecified atom stereocenters. The van der Waals surface area contributed by atoms with Gasteiger partial charge in [-0.3, -0.25) is 0 Å². The van der Waals surface area contributed by atoms with Gasteiger partial charge in [0, 0.05) is 48.3 Å². The molecule has 2 aliphatic heterocycles. The van der Waals surface area contributed by atoms with Gasteiger partial charge in [-0.25, -0.2) is 0 Å². The molecule has 0 aromatic heterocycles. The molecule has 0 N–H and O–H groups in total. The average Bonchev–Trinajstić information content (AvgIpc) is 3.28.